The van der Waals surface area contributed by atoms with Crippen LogP contribution < -0.4 is 0 Å². The van der Waals surface area contributed by atoms with Crippen molar-refractivity contribution in [2.45, 2.75) is 47.5 Å². The number of nitrogens with zero attached hydrogens (tertiary/aromatic N) is 2. The molecule has 5 heteroatoms. The molecule has 150 valence electrons. The maximum Gasteiger partial charge on any atom is 3.00 e. The molecule has 0 bridgehead atoms. The fourth-order valence-electron chi connectivity index (χ4n) is 2.49. The van der Waals surface area contributed by atoms with Crippen LogP contribution in [0.25, 0.3) is 22.5 Å². The Morgan fingerprint density at radius 1 is 0.821 bits per heavy atom. The van der Waals surface area contributed by atoms with E-state index in [1.807, 2.05) is 39.6 Å². The van der Waals surface area contributed by atoms with E-state index in [9.17, 15) is 0 Å². The molecule has 1 aromatic carbocycles. The summed E-state index contributed by atoms with van der Waals surface area (Å²) in [6, 6.07) is 8.44. The molecule has 0 fully saturated rings. The SMILES string of the molecule is CC.C[CH-]c1ncc(-c2ccc(-c3cnc(C(C)C(C)C)[nH]3)cc2)[nH]1.[CH3-].[CH3-].[Y+3]. The van der Waals surface area contributed by atoms with Crippen molar-refractivity contribution in [3.05, 3.63) is 69.6 Å². The fourth-order valence-corrected chi connectivity index (χ4v) is 2.49. The minimum atomic E-state index is 0. The van der Waals surface area contributed by atoms with Crippen LogP contribution in [-0.4, -0.2) is 19.9 Å². The van der Waals surface area contributed by atoms with E-state index >= 15 is 0 Å². The van der Waals surface area contributed by atoms with Gasteiger partial charge in [-0.25, -0.2) is 4.98 Å². The molecule has 28 heavy (non-hydrogen) atoms. The Bertz CT molecular complexity index is 772. The van der Waals surface area contributed by atoms with Crippen molar-refractivity contribution >= 4 is 0 Å². The summed E-state index contributed by atoms with van der Waals surface area (Å²) >= 11 is 0. The molecule has 0 spiro atoms. The Balaban J connectivity index is 0. The van der Waals surface area contributed by atoms with E-state index in [1.165, 1.54) is 0 Å². The molecule has 2 N–H and O–H groups in total. The molecule has 0 aliphatic rings. The summed E-state index contributed by atoms with van der Waals surface area (Å²) in [5.41, 5.74) is 4.37. The summed E-state index contributed by atoms with van der Waals surface area (Å²) in [6.45, 7) is 12.6. The molecule has 3 rings (SSSR count). The largest absolute Gasteiger partial charge is 3.00 e. The summed E-state index contributed by atoms with van der Waals surface area (Å²) in [5, 5.41) is 0. The summed E-state index contributed by atoms with van der Waals surface area (Å²) in [7, 11) is 0. The zero-order valence-electron chi connectivity index (χ0n) is 18.7. The van der Waals surface area contributed by atoms with Gasteiger partial charge < -0.3 is 31.2 Å². The molecule has 0 aliphatic heterocycles. The van der Waals surface area contributed by atoms with Crippen LogP contribution in [-0.2, 0) is 32.7 Å². The van der Waals surface area contributed by atoms with E-state index in [0.717, 1.165) is 34.2 Å². The number of nitrogens with one attached hydrogen (secondary N) is 2. The van der Waals surface area contributed by atoms with Gasteiger partial charge in [0.25, 0.3) is 0 Å². The number of hydrogen-bond acceptors (Lipinski definition) is 2. The van der Waals surface area contributed by atoms with Crippen LogP contribution in [0, 0.1) is 27.2 Å². The molecule has 2 heterocycles. The van der Waals surface area contributed by atoms with Crippen LogP contribution in [0.5, 0.6) is 0 Å². The van der Waals surface area contributed by atoms with Crippen molar-refractivity contribution < 1.29 is 32.7 Å². The second-order valence-electron chi connectivity index (χ2n) is 6.26. The minimum Gasteiger partial charge on any atom is -0.368 e. The standard InChI is InChI=1S/C19H23N4.C2H6.2CH3.Y/c1-5-18-20-10-16(22-18)14-6-8-15(9-7-14)17-11-21-19(23-17)13(4)12(2)3;1-2;;;/h5-13H,1-4H3,(H,20,22)(H,21,23);1-2H3;2*1H3;/q-1;;2*-1;+3. The first-order valence-corrected chi connectivity index (χ1v) is 9.08. The summed E-state index contributed by atoms with van der Waals surface area (Å²) in [5.74, 6) is 2.94. The maximum atomic E-state index is 4.53. The van der Waals surface area contributed by atoms with E-state index in [-0.39, 0.29) is 47.6 Å². The number of H-pyrrole nitrogens is 2. The van der Waals surface area contributed by atoms with E-state index < -0.39 is 0 Å². The number of aromatic nitrogens is 4. The summed E-state index contributed by atoms with van der Waals surface area (Å²) in [4.78, 5) is 15.6. The van der Waals surface area contributed by atoms with Crippen LogP contribution >= 0.6 is 0 Å². The third-order valence-corrected chi connectivity index (χ3v) is 4.40. The van der Waals surface area contributed by atoms with Crippen molar-refractivity contribution in [1.82, 2.24) is 19.9 Å². The zero-order valence-corrected chi connectivity index (χ0v) is 21.5. The van der Waals surface area contributed by atoms with Crippen molar-refractivity contribution in [1.29, 1.82) is 0 Å². The maximum absolute atomic E-state index is 4.53. The van der Waals surface area contributed by atoms with Gasteiger partial charge in [-0.3, -0.25) is 4.98 Å². The van der Waals surface area contributed by atoms with Crippen LogP contribution in [0.2, 0.25) is 0 Å². The van der Waals surface area contributed by atoms with Gasteiger partial charge >= 0.3 is 32.7 Å². The Morgan fingerprint density at radius 3 is 1.71 bits per heavy atom. The van der Waals surface area contributed by atoms with Gasteiger partial charge in [0.15, 0.2) is 0 Å². The predicted octanol–water partition coefficient (Wildman–Crippen LogP) is 6.72. The van der Waals surface area contributed by atoms with E-state index in [0.29, 0.717) is 11.8 Å². The number of imidazole rings is 2. The van der Waals surface area contributed by atoms with Crippen LogP contribution in [0.1, 0.15) is 59.1 Å². The molecule has 0 amide bonds. The van der Waals surface area contributed by atoms with Gasteiger partial charge in [-0.15, -0.1) is 0 Å². The zero-order chi connectivity index (χ0) is 18.4. The topological polar surface area (TPSA) is 57.4 Å². The van der Waals surface area contributed by atoms with Gasteiger partial charge in [0, 0.05) is 12.1 Å². The molecular formula is C23H35N4Y. The van der Waals surface area contributed by atoms with Gasteiger partial charge in [0.1, 0.15) is 5.82 Å². The molecule has 3 aromatic rings. The van der Waals surface area contributed by atoms with E-state index in [2.05, 4.69) is 65.0 Å². The van der Waals surface area contributed by atoms with Crippen LogP contribution in [0.15, 0.2) is 36.7 Å². The number of benzene rings is 1. The first-order valence-electron chi connectivity index (χ1n) is 9.08. The summed E-state index contributed by atoms with van der Waals surface area (Å²) < 4.78 is 0. The minimum absolute atomic E-state index is 0. The van der Waals surface area contributed by atoms with Crippen molar-refractivity contribution in [2.24, 2.45) is 5.92 Å². The van der Waals surface area contributed by atoms with E-state index in [4.69, 9.17) is 0 Å². The third-order valence-electron chi connectivity index (χ3n) is 4.40. The van der Waals surface area contributed by atoms with Gasteiger partial charge in [0.2, 0.25) is 0 Å². The van der Waals surface area contributed by atoms with Crippen LogP contribution in [0.3, 0.4) is 0 Å². The quantitative estimate of drug-likeness (QED) is 0.419. The smallest absolute Gasteiger partial charge is 0.368 e. The number of aromatic amines is 2. The average Bonchev–Trinajstić information content (AvgIpc) is 3.32. The van der Waals surface area contributed by atoms with E-state index in [1.54, 1.807) is 0 Å². The molecular weight excluding hydrogens is 421 g/mol. The first kappa shape index (κ1) is 28.8. The number of hydrogen-bond donors (Lipinski definition) is 2. The van der Waals surface area contributed by atoms with Gasteiger partial charge in [0.05, 0.1) is 17.6 Å². The molecule has 0 saturated carbocycles. The van der Waals surface area contributed by atoms with Gasteiger partial charge in [-0.2, -0.15) is 6.92 Å². The van der Waals surface area contributed by atoms with Crippen molar-refractivity contribution in [3.63, 3.8) is 0 Å². The van der Waals surface area contributed by atoms with Gasteiger partial charge in [-0.1, -0.05) is 58.9 Å². The first-order chi connectivity index (χ1) is 12.1. The second-order valence-corrected chi connectivity index (χ2v) is 6.26. The van der Waals surface area contributed by atoms with Crippen molar-refractivity contribution in [3.8, 4) is 22.5 Å². The summed E-state index contributed by atoms with van der Waals surface area (Å²) in [6.07, 6.45) is 5.74. The molecule has 0 radical (unpaired) electrons. The Morgan fingerprint density at radius 2 is 1.29 bits per heavy atom. The second kappa shape index (κ2) is 13.7. The fraction of sp³-hybridized carbons (Fsp3) is 0.348. The van der Waals surface area contributed by atoms with Crippen LogP contribution in [0.4, 0.5) is 0 Å². The Kier molecular flexibility index (Phi) is 14.1. The predicted molar refractivity (Wildman–Crippen MR) is 118 cm³/mol. The molecule has 0 aliphatic carbocycles. The molecule has 2 aromatic heterocycles. The Hall–Kier alpha value is -1.39. The molecule has 0 saturated heterocycles. The molecule has 1 unspecified atom stereocenters. The average molecular weight is 456 g/mol. The van der Waals surface area contributed by atoms with Gasteiger partial charge in [-0.05, 0) is 22.9 Å². The monoisotopic (exact) mass is 456 g/mol. The molecule has 4 nitrogen and oxygen atoms in total. The third kappa shape index (κ3) is 6.90. The van der Waals surface area contributed by atoms with Crippen molar-refractivity contribution in [2.75, 3.05) is 0 Å². The number of rotatable bonds is 5. The normalized spacial score (nSPS) is 10.5. The Labute approximate surface area is 197 Å². The molecule has 1 atom stereocenters.